The van der Waals surface area contributed by atoms with Gasteiger partial charge in [-0.15, -0.1) is 0 Å². The van der Waals surface area contributed by atoms with Crippen molar-refractivity contribution < 1.29 is 22.9 Å². The fourth-order valence-electron chi connectivity index (χ4n) is 2.21. The molecule has 0 aromatic heterocycles. The van der Waals surface area contributed by atoms with Crippen LogP contribution in [-0.2, 0) is 14.8 Å². The maximum atomic E-state index is 12.5. The minimum atomic E-state index is -4.11. The Morgan fingerprint density at radius 2 is 1.85 bits per heavy atom. The van der Waals surface area contributed by atoms with Crippen LogP contribution in [0.1, 0.15) is 6.92 Å². The third kappa shape index (κ3) is 4.35. The molecule has 138 valence electrons. The summed E-state index contributed by atoms with van der Waals surface area (Å²) in [5.41, 5.74) is 0.0329. The van der Waals surface area contributed by atoms with E-state index in [1.807, 2.05) is 0 Å². The van der Waals surface area contributed by atoms with Crippen molar-refractivity contribution in [3.05, 3.63) is 58.6 Å². The smallest absolute Gasteiger partial charge is 0.312 e. The number of nitro benzene ring substituents is 1. The number of rotatable bonds is 6. The van der Waals surface area contributed by atoms with Gasteiger partial charge in [-0.3, -0.25) is 14.9 Å². The average molecular weight is 379 g/mol. The van der Waals surface area contributed by atoms with Gasteiger partial charge in [0.25, 0.3) is 5.91 Å². The van der Waals surface area contributed by atoms with Crippen LogP contribution in [0.4, 0.5) is 11.4 Å². The molecule has 26 heavy (non-hydrogen) atoms. The van der Waals surface area contributed by atoms with Crippen molar-refractivity contribution in [3.8, 4) is 5.75 Å². The summed E-state index contributed by atoms with van der Waals surface area (Å²) >= 11 is 0. The SMILES string of the molecule is CC(Oc1ccc(S(N)(=O)=O)cc1[N+](=O)[O-])C(=O)N(C)c1ccccc1. The van der Waals surface area contributed by atoms with E-state index in [0.29, 0.717) is 5.69 Å². The lowest BCUT2D eigenvalue weighted by molar-refractivity contribution is -0.386. The Balaban J connectivity index is 2.27. The molecule has 0 radical (unpaired) electrons. The fourth-order valence-corrected chi connectivity index (χ4v) is 2.74. The molecule has 1 atom stereocenters. The fraction of sp³-hybridized carbons (Fsp3) is 0.188. The van der Waals surface area contributed by atoms with E-state index in [9.17, 15) is 23.3 Å². The molecule has 0 saturated heterocycles. The minimum absolute atomic E-state index is 0.232. The van der Waals surface area contributed by atoms with Gasteiger partial charge in [0.15, 0.2) is 11.9 Å². The van der Waals surface area contributed by atoms with E-state index in [1.165, 1.54) is 11.8 Å². The van der Waals surface area contributed by atoms with Gasteiger partial charge in [-0.1, -0.05) is 18.2 Å². The molecule has 0 aliphatic carbocycles. The van der Waals surface area contributed by atoms with E-state index in [4.69, 9.17) is 9.88 Å². The van der Waals surface area contributed by atoms with Crippen LogP contribution in [-0.4, -0.2) is 32.4 Å². The number of likely N-dealkylation sites (N-methyl/N-ethyl adjacent to an activating group) is 1. The van der Waals surface area contributed by atoms with Gasteiger partial charge in [-0.25, -0.2) is 13.6 Å². The molecule has 10 heteroatoms. The number of nitro groups is 1. The molecule has 2 aromatic carbocycles. The van der Waals surface area contributed by atoms with Crippen molar-refractivity contribution in [1.82, 2.24) is 0 Å². The Labute approximate surface area is 150 Å². The van der Waals surface area contributed by atoms with Crippen LogP contribution in [0.25, 0.3) is 0 Å². The molecule has 1 unspecified atom stereocenters. The van der Waals surface area contributed by atoms with Crippen molar-refractivity contribution in [2.75, 3.05) is 11.9 Å². The first-order valence-electron chi connectivity index (χ1n) is 7.42. The summed E-state index contributed by atoms with van der Waals surface area (Å²) in [5.74, 6) is -0.661. The first kappa shape index (κ1) is 19.3. The number of primary sulfonamides is 1. The van der Waals surface area contributed by atoms with Gasteiger partial charge in [0.1, 0.15) is 0 Å². The number of amides is 1. The Bertz CT molecular complexity index is 930. The first-order valence-corrected chi connectivity index (χ1v) is 8.96. The summed E-state index contributed by atoms with van der Waals surface area (Å²) in [6.45, 7) is 1.44. The van der Waals surface area contributed by atoms with Crippen LogP contribution in [0.5, 0.6) is 5.75 Å². The highest BCUT2D eigenvalue weighted by atomic mass is 32.2. The Morgan fingerprint density at radius 1 is 1.23 bits per heavy atom. The van der Waals surface area contributed by atoms with Crippen LogP contribution in [0.15, 0.2) is 53.4 Å². The number of hydrogen-bond acceptors (Lipinski definition) is 6. The second kappa shape index (κ2) is 7.50. The Hall–Kier alpha value is -2.98. The van der Waals surface area contributed by atoms with E-state index in [2.05, 4.69) is 0 Å². The van der Waals surface area contributed by atoms with Crippen molar-refractivity contribution >= 4 is 27.3 Å². The lowest BCUT2D eigenvalue weighted by Gasteiger charge is -2.22. The normalized spacial score (nSPS) is 12.3. The number of ether oxygens (including phenoxy) is 1. The molecule has 0 aliphatic heterocycles. The molecule has 0 fully saturated rings. The number of para-hydroxylation sites is 1. The number of carbonyl (C=O) groups excluding carboxylic acids is 1. The van der Waals surface area contributed by atoms with Gasteiger partial charge in [-0.05, 0) is 31.2 Å². The quantitative estimate of drug-likeness (QED) is 0.599. The Kier molecular flexibility index (Phi) is 5.58. The van der Waals surface area contributed by atoms with Gasteiger partial charge in [-0.2, -0.15) is 0 Å². The van der Waals surface area contributed by atoms with Crippen molar-refractivity contribution in [2.45, 2.75) is 17.9 Å². The van der Waals surface area contributed by atoms with Gasteiger partial charge < -0.3 is 9.64 Å². The lowest BCUT2D eigenvalue weighted by Crippen LogP contribution is -2.38. The molecule has 0 heterocycles. The monoisotopic (exact) mass is 379 g/mol. The molecule has 2 N–H and O–H groups in total. The predicted molar refractivity (Wildman–Crippen MR) is 94.4 cm³/mol. The van der Waals surface area contributed by atoms with Crippen molar-refractivity contribution in [2.24, 2.45) is 5.14 Å². The van der Waals surface area contributed by atoms with Crippen molar-refractivity contribution in [3.63, 3.8) is 0 Å². The Morgan fingerprint density at radius 3 is 2.38 bits per heavy atom. The van der Waals surface area contributed by atoms with Crippen LogP contribution < -0.4 is 14.8 Å². The van der Waals surface area contributed by atoms with E-state index >= 15 is 0 Å². The first-order chi connectivity index (χ1) is 12.1. The molecule has 2 rings (SSSR count). The van der Waals surface area contributed by atoms with E-state index in [0.717, 1.165) is 18.2 Å². The van der Waals surface area contributed by atoms with Gasteiger partial charge >= 0.3 is 5.69 Å². The maximum Gasteiger partial charge on any atom is 0.312 e. The van der Waals surface area contributed by atoms with E-state index in [-0.39, 0.29) is 5.75 Å². The largest absolute Gasteiger partial charge is 0.474 e. The average Bonchev–Trinajstić information content (AvgIpc) is 2.60. The van der Waals surface area contributed by atoms with Crippen molar-refractivity contribution in [1.29, 1.82) is 0 Å². The second-order valence-electron chi connectivity index (χ2n) is 5.42. The molecular weight excluding hydrogens is 362 g/mol. The zero-order chi connectivity index (χ0) is 19.5. The number of nitrogens with zero attached hydrogens (tertiary/aromatic N) is 2. The molecule has 2 aromatic rings. The van der Waals surface area contributed by atoms with Crippen LogP contribution in [0.2, 0.25) is 0 Å². The summed E-state index contributed by atoms with van der Waals surface area (Å²) < 4.78 is 28.1. The number of carbonyl (C=O) groups is 1. The third-order valence-electron chi connectivity index (χ3n) is 3.58. The highest BCUT2D eigenvalue weighted by Crippen LogP contribution is 2.30. The van der Waals surface area contributed by atoms with Crippen LogP contribution in [0, 0.1) is 10.1 Å². The van der Waals surface area contributed by atoms with Gasteiger partial charge in [0, 0.05) is 18.8 Å². The molecule has 0 aliphatic rings. The third-order valence-corrected chi connectivity index (χ3v) is 4.49. The highest BCUT2D eigenvalue weighted by molar-refractivity contribution is 7.89. The topological polar surface area (TPSA) is 133 Å². The molecule has 0 saturated carbocycles. The molecule has 0 bridgehead atoms. The molecular formula is C16H17N3O6S. The second-order valence-corrected chi connectivity index (χ2v) is 6.99. The van der Waals surface area contributed by atoms with E-state index in [1.54, 1.807) is 37.4 Å². The zero-order valence-electron chi connectivity index (χ0n) is 14.0. The number of benzene rings is 2. The van der Waals surface area contributed by atoms with Gasteiger partial charge in [0.2, 0.25) is 10.0 Å². The van der Waals surface area contributed by atoms with Gasteiger partial charge in [0.05, 0.1) is 9.82 Å². The molecule has 9 nitrogen and oxygen atoms in total. The standard InChI is InChI=1S/C16H17N3O6S/c1-11(16(20)18(2)12-6-4-3-5-7-12)25-15-9-8-13(26(17,23)24)10-14(15)19(21)22/h3-11H,1-2H3,(H2,17,23,24). The maximum absolute atomic E-state index is 12.5. The number of nitrogens with two attached hydrogens (primary N) is 1. The highest BCUT2D eigenvalue weighted by Gasteiger charge is 2.25. The summed E-state index contributed by atoms with van der Waals surface area (Å²) in [5, 5.41) is 16.2. The van der Waals surface area contributed by atoms with Crippen LogP contribution in [0.3, 0.4) is 0 Å². The summed E-state index contributed by atoms with van der Waals surface area (Å²) in [6.07, 6.45) is -1.04. The number of sulfonamides is 1. The predicted octanol–water partition coefficient (Wildman–Crippen LogP) is 1.67. The summed E-state index contributed by atoms with van der Waals surface area (Å²) in [6, 6.07) is 11.8. The lowest BCUT2D eigenvalue weighted by atomic mass is 10.2. The molecule has 0 spiro atoms. The van der Waals surface area contributed by atoms with E-state index < -0.39 is 37.5 Å². The zero-order valence-corrected chi connectivity index (χ0v) is 14.8. The molecule has 1 amide bonds. The number of hydrogen-bond donors (Lipinski definition) is 1. The minimum Gasteiger partial charge on any atom is -0.474 e. The summed E-state index contributed by atoms with van der Waals surface area (Å²) in [4.78, 5) is 23.8. The van der Waals surface area contributed by atoms with Crippen LogP contribution >= 0.6 is 0 Å². The summed E-state index contributed by atoms with van der Waals surface area (Å²) in [7, 11) is -2.55. The number of anilines is 1.